The molecule has 2 aliphatic rings. The minimum absolute atomic E-state index is 0.0115. The number of hydrogen-bond acceptors (Lipinski definition) is 4. The molecule has 1 aliphatic carbocycles. The van der Waals surface area contributed by atoms with Crippen molar-refractivity contribution in [3.05, 3.63) is 41.7 Å². The summed E-state index contributed by atoms with van der Waals surface area (Å²) in [6.07, 6.45) is 5.73. The molecular weight excluding hydrogens is 342 g/mol. The van der Waals surface area contributed by atoms with Crippen LogP contribution in [0.5, 0.6) is 0 Å². The fourth-order valence-electron chi connectivity index (χ4n) is 3.59. The molecule has 142 valence electrons. The molecule has 0 radical (unpaired) electrons. The van der Waals surface area contributed by atoms with Crippen molar-refractivity contribution >= 4 is 23.2 Å². The number of amides is 2. The number of rotatable bonds is 5. The lowest BCUT2D eigenvalue weighted by molar-refractivity contribution is -0.119. The average Bonchev–Trinajstić information content (AvgIpc) is 3.22. The maximum absolute atomic E-state index is 12.9. The molecular formula is C20H25N5O2. The summed E-state index contributed by atoms with van der Waals surface area (Å²) in [7, 11) is 1.88. The predicted molar refractivity (Wildman–Crippen MR) is 103 cm³/mol. The maximum atomic E-state index is 12.9. The highest BCUT2D eigenvalue weighted by Gasteiger charge is 2.35. The highest BCUT2D eigenvalue weighted by atomic mass is 16.2. The summed E-state index contributed by atoms with van der Waals surface area (Å²) in [5, 5.41) is 13.5. The van der Waals surface area contributed by atoms with Crippen molar-refractivity contribution in [1.29, 1.82) is 0 Å². The number of anilines is 2. The molecule has 1 saturated carbocycles. The lowest BCUT2D eigenvalue weighted by atomic mass is 9.90. The van der Waals surface area contributed by atoms with Crippen LogP contribution in [-0.2, 0) is 16.6 Å². The molecule has 1 aromatic carbocycles. The summed E-state index contributed by atoms with van der Waals surface area (Å²) in [4.78, 5) is 24.9. The molecule has 0 spiro atoms. The van der Waals surface area contributed by atoms with Crippen LogP contribution >= 0.6 is 0 Å². The van der Waals surface area contributed by atoms with E-state index in [2.05, 4.69) is 21.0 Å². The molecule has 1 saturated heterocycles. The van der Waals surface area contributed by atoms with E-state index in [4.69, 9.17) is 0 Å². The first-order valence-electron chi connectivity index (χ1n) is 9.43. The van der Waals surface area contributed by atoms with Gasteiger partial charge in [0, 0.05) is 49.5 Å². The highest BCUT2D eigenvalue weighted by molar-refractivity contribution is 5.97. The smallest absolute Gasteiger partial charge is 0.229 e. The lowest BCUT2D eigenvalue weighted by Gasteiger charge is -2.18. The van der Waals surface area contributed by atoms with Gasteiger partial charge in [0.1, 0.15) is 0 Å². The van der Waals surface area contributed by atoms with Crippen molar-refractivity contribution in [2.45, 2.75) is 25.7 Å². The topological polar surface area (TPSA) is 88.1 Å². The molecule has 3 N–H and O–H groups in total. The van der Waals surface area contributed by atoms with Crippen molar-refractivity contribution in [3.8, 4) is 0 Å². The Balaban J connectivity index is 1.47. The number of carbonyl (C=O) groups is 2. The summed E-state index contributed by atoms with van der Waals surface area (Å²) in [5.74, 6) is 0.152. The van der Waals surface area contributed by atoms with Gasteiger partial charge in [-0.25, -0.2) is 0 Å². The first kappa shape index (κ1) is 17.7. The SMILES string of the molecule is Cc1ccc(NC(=O)C2CC2)cc1NC(=O)[C@H]1CNC[C@@H]1c1cnn(C)c1. The zero-order valence-corrected chi connectivity index (χ0v) is 15.7. The van der Waals surface area contributed by atoms with Gasteiger partial charge in [-0.15, -0.1) is 0 Å². The third-order valence-corrected chi connectivity index (χ3v) is 5.42. The Morgan fingerprint density at radius 3 is 2.70 bits per heavy atom. The second-order valence-electron chi connectivity index (χ2n) is 7.60. The summed E-state index contributed by atoms with van der Waals surface area (Å²) in [6.45, 7) is 3.36. The largest absolute Gasteiger partial charge is 0.326 e. The number of nitrogens with zero attached hydrogens (tertiary/aromatic N) is 2. The molecule has 2 heterocycles. The molecule has 1 aromatic heterocycles. The minimum atomic E-state index is -0.154. The van der Waals surface area contributed by atoms with Crippen molar-refractivity contribution in [1.82, 2.24) is 15.1 Å². The Morgan fingerprint density at radius 1 is 1.19 bits per heavy atom. The Kier molecular flexibility index (Phi) is 4.70. The average molecular weight is 367 g/mol. The number of aryl methyl sites for hydroxylation is 2. The highest BCUT2D eigenvalue weighted by Crippen LogP contribution is 2.32. The van der Waals surface area contributed by atoms with Gasteiger partial charge in [-0.1, -0.05) is 6.07 Å². The van der Waals surface area contributed by atoms with Gasteiger partial charge in [0.25, 0.3) is 0 Å². The quantitative estimate of drug-likeness (QED) is 0.754. The first-order chi connectivity index (χ1) is 13.0. The molecule has 7 nitrogen and oxygen atoms in total. The van der Waals surface area contributed by atoms with Crippen LogP contribution < -0.4 is 16.0 Å². The number of carbonyl (C=O) groups excluding carboxylic acids is 2. The zero-order valence-electron chi connectivity index (χ0n) is 15.7. The van der Waals surface area contributed by atoms with E-state index < -0.39 is 0 Å². The Labute approximate surface area is 158 Å². The van der Waals surface area contributed by atoms with Crippen LogP contribution in [0.3, 0.4) is 0 Å². The Morgan fingerprint density at radius 2 is 2.00 bits per heavy atom. The van der Waals surface area contributed by atoms with Crippen molar-refractivity contribution in [2.75, 3.05) is 23.7 Å². The summed E-state index contributed by atoms with van der Waals surface area (Å²) in [5.41, 5.74) is 3.51. The van der Waals surface area contributed by atoms with Crippen molar-refractivity contribution < 1.29 is 9.59 Å². The van der Waals surface area contributed by atoms with Crippen LogP contribution in [0.4, 0.5) is 11.4 Å². The van der Waals surface area contributed by atoms with Crippen LogP contribution in [0.15, 0.2) is 30.6 Å². The maximum Gasteiger partial charge on any atom is 0.229 e. The predicted octanol–water partition coefficient (Wildman–Crippen LogP) is 2.02. The number of aromatic nitrogens is 2. The molecule has 1 aliphatic heterocycles. The normalized spacial score (nSPS) is 21.9. The van der Waals surface area contributed by atoms with Gasteiger partial charge in [-0.3, -0.25) is 14.3 Å². The van der Waals surface area contributed by atoms with E-state index in [0.29, 0.717) is 6.54 Å². The Bertz CT molecular complexity index is 871. The summed E-state index contributed by atoms with van der Waals surface area (Å²) in [6, 6.07) is 5.64. The van der Waals surface area contributed by atoms with Gasteiger partial charge >= 0.3 is 0 Å². The number of nitrogens with one attached hydrogen (secondary N) is 3. The molecule has 2 aromatic rings. The molecule has 2 fully saturated rings. The van der Waals surface area contributed by atoms with E-state index in [1.165, 1.54) is 0 Å². The molecule has 2 amide bonds. The second-order valence-corrected chi connectivity index (χ2v) is 7.60. The summed E-state index contributed by atoms with van der Waals surface area (Å²) < 4.78 is 1.76. The molecule has 4 rings (SSSR count). The molecule has 0 unspecified atom stereocenters. The van der Waals surface area contributed by atoms with Crippen molar-refractivity contribution in [3.63, 3.8) is 0 Å². The number of benzene rings is 1. The van der Waals surface area contributed by atoms with Crippen LogP contribution in [0, 0.1) is 18.8 Å². The van der Waals surface area contributed by atoms with Gasteiger partial charge in [0.2, 0.25) is 11.8 Å². The lowest BCUT2D eigenvalue weighted by Crippen LogP contribution is -2.28. The van der Waals surface area contributed by atoms with E-state index in [9.17, 15) is 9.59 Å². The fraction of sp³-hybridized carbons (Fsp3) is 0.450. The monoisotopic (exact) mass is 367 g/mol. The van der Waals surface area contributed by atoms with E-state index >= 15 is 0 Å². The van der Waals surface area contributed by atoms with Crippen LogP contribution in [0.1, 0.15) is 29.9 Å². The number of hydrogen-bond donors (Lipinski definition) is 3. The van der Waals surface area contributed by atoms with Crippen molar-refractivity contribution in [2.24, 2.45) is 18.9 Å². The van der Waals surface area contributed by atoms with E-state index in [0.717, 1.165) is 41.9 Å². The molecule has 2 atom stereocenters. The molecule has 0 bridgehead atoms. The van der Waals surface area contributed by atoms with Gasteiger partial charge in [0.05, 0.1) is 12.1 Å². The standard InChI is InChI=1S/C20H25N5O2/c1-12-3-6-15(23-19(26)13-4-5-13)7-18(12)24-20(27)17-10-21-9-16(17)14-8-22-25(2)11-14/h3,6-8,11,13,16-17,21H,4-5,9-10H2,1-2H3,(H,23,26)(H,24,27)/t16-,17+/m1/s1. The van der Waals surface area contributed by atoms with Gasteiger partial charge < -0.3 is 16.0 Å². The van der Waals surface area contributed by atoms with Crippen LogP contribution in [0.2, 0.25) is 0 Å². The third kappa shape index (κ3) is 3.88. The van der Waals surface area contributed by atoms with Gasteiger partial charge in [0.15, 0.2) is 0 Å². The van der Waals surface area contributed by atoms with Gasteiger partial charge in [-0.05, 0) is 43.0 Å². The third-order valence-electron chi connectivity index (χ3n) is 5.42. The fourth-order valence-corrected chi connectivity index (χ4v) is 3.59. The van der Waals surface area contributed by atoms with Crippen LogP contribution in [-0.4, -0.2) is 34.7 Å². The summed E-state index contributed by atoms with van der Waals surface area (Å²) >= 11 is 0. The first-order valence-corrected chi connectivity index (χ1v) is 9.43. The second kappa shape index (κ2) is 7.15. The van der Waals surface area contributed by atoms with E-state index in [1.54, 1.807) is 4.68 Å². The Hall–Kier alpha value is -2.67. The minimum Gasteiger partial charge on any atom is -0.326 e. The van der Waals surface area contributed by atoms with Gasteiger partial charge in [-0.2, -0.15) is 5.10 Å². The van der Waals surface area contributed by atoms with E-state index in [-0.39, 0.29) is 29.6 Å². The molecule has 27 heavy (non-hydrogen) atoms. The molecule has 7 heteroatoms. The van der Waals surface area contributed by atoms with E-state index in [1.807, 2.05) is 44.6 Å². The van der Waals surface area contributed by atoms with Crippen LogP contribution in [0.25, 0.3) is 0 Å². The zero-order chi connectivity index (χ0) is 19.0.